The lowest BCUT2D eigenvalue weighted by Gasteiger charge is -2.46. The van der Waals surface area contributed by atoms with Crippen LogP contribution in [0.1, 0.15) is 163 Å². The van der Waals surface area contributed by atoms with Crippen LogP contribution in [0.3, 0.4) is 0 Å². The van der Waals surface area contributed by atoms with E-state index < -0.39 is 286 Å². The van der Waals surface area contributed by atoms with E-state index >= 15 is 24.0 Å². The average molecular weight is 1920 g/mol. The predicted molar refractivity (Wildman–Crippen MR) is 467 cm³/mol. The normalized spacial score (nSPS) is 28.8. The van der Waals surface area contributed by atoms with E-state index in [9.17, 15) is 88.8 Å². The minimum atomic E-state index is -4.86. The number of aryl methyl sites for hydroxylation is 1. The SMILES string of the molecule is C.CC[C@H](CC(C)C)C(=O)N[C@H]1C(=O)C[C@@H](CC(N)=O)C(=O)N[C@H]2C(=O)C[C@H]3C(=O)N[C@H](C(=O)N[C@@H](C(=O)O)c4cc(O)cc(O)c4-c4cc3ccc4O)[C@H](OC3C[C@](C)(N)[C@@H](O)[C@H](C)O3)c3ccc(c(Cl)c3)Oc3cc2cc(c3O[C@@H]2O[C@H](CO)[C@@H](O[C@@H]3O[C@H](CCCc4cccc(SCc5ccc(OC(F)(F)F)cc5)c4)[C@H](O)[C@H](O)[C@H]3O)[C@H](O)[C@H]2O)Oc2ccc(cc2Cl)[C@H]1O. The Labute approximate surface area is 774 Å². The molecule has 20 N–H and O–H groups in total. The number of ether oxygens (including phenoxy) is 9. The molecule has 8 aliphatic heterocycles. The number of aromatic hydroxyl groups is 3. The van der Waals surface area contributed by atoms with Crippen molar-refractivity contribution in [2.45, 2.75) is 245 Å². The second-order valence-corrected chi connectivity index (χ2v) is 36.1. The Morgan fingerprint density at radius 2 is 1.35 bits per heavy atom. The molecule has 0 spiro atoms. The molecule has 41 heteroatoms. The Hall–Kier alpha value is -10.5. The van der Waals surface area contributed by atoms with Crippen LogP contribution in [0.4, 0.5) is 13.2 Å². The topological polar surface area (TPSA) is 563 Å². The molecule has 7 aromatic carbocycles. The van der Waals surface area contributed by atoms with E-state index in [1.54, 1.807) is 13.0 Å². The number of carboxylic acid groups (broad SMARTS) is 1. The van der Waals surface area contributed by atoms with Crippen molar-refractivity contribution in [3.8, 4) is 62.9 Å². The van der Waals surface area contributed by atoms with Gasteiger partial charge in [0.25, 0.3) is 0 Å². The molecule has 7 aromatic rings. The number of Topliss-reactive ketones (excluding diaryl/α,β-unsaturated/α-hetero) is 2. The minimum Gasteiger partial charge on any atom is -0.508 e. The van der Waals surface area contributed by atoms with E-state index in [0.29, 0.717) is 24.2 Å². The number of nitrogens with two attached hydrogens (primary N) is 2. The molecule has 718 valence electrons. The highest BCUT2D eigenvalue weighted by Crippen LogP contribution is 2.51. The summed E-state index contributed by atoms with van der Waals surface area (Å²) in [5.41, 5.74) is 9.94. The van der Waals surface area contributed by atoms with Crippen LogP contribution in [0.2, 0.25) is 10.0 Å². The number of nitrogens with one attached hydrogen (secondary N) is 4. The molecule has 0 saturated carbocycles. The van der Waals surface area contributed by atoms with E-state index in [0.717, 1.165) is 71.1 Å². The Balaban J connectivity index is 0.0000160. The number of alkyl halides is 3. The van der Waals surface area contributed by atoms with Crippen molar-refractivity contribution in [1.29, 1.82) is 0 Å². The predicted octanol–water partition coefficient (Wildman–Crippen LogP) is 8.20. The highest BCUT2D eigenvalue weighted by molar-refractivity contribution is 7.98. The van der Waals surface area contributed by atoms with Crippen LogP contribution < -0.4 is 51.7 Å². The van der Waals surface area contributed by atoms with Crippen LogP contribution in [0.15, 0.2) is 132 Å². The maximum absolute atomic E-state index is 16.6. The molecule has 0 aromatic heterocycles. The van der Waals surface area contributed by atoms with Crippen molar-refractivity contribution in [1.82, 2.24) is 21.3 Å². The van der Waals surface area contributed by atoms with Crippen LogP contribution in [0, 0.1) is 17.8 Å². The third-order valence-electron chi connectivity index (χ3n) is 23.9. The molecule has 0 aliphatic carbocycles. The largest absolute Gasteiger partial charge is 0.573 e. The first-order chi connectivity index (χ1) is 62.4. The summed E-state index contributed by atoms with van der Waals surface area (Å²) in [5.74, 6) is -20.0. The number of fused-ring (bicyclic) bond motifs is 15. The van der Waals surface area contributed by atoms with E-state index in [-0.39, 0.29) is 72.2 Å². The number of aliphatic hydroxyl groups excluding tert-OH is 8. The fourth-order valence-corrected chi connectivity index (χ4v) is 18.4. The van der Waals surface area contributed by atoms with Gasteiger partial charge in [0, 0.05) is 70.5 Å². The smallest absolute Gasteiger partial charge is 0.508 e. The number of primary amides is 1. The van der Waals surface area contributed by atoms with Crippen LogP contribution in [-0.2, 0) is 74.2 Å². The van der Waals surface area contributed by atoms with Gasteiger partial charge in [-0.2, -0.15) is 0 Å². The molecule has 3 fully saturated rings. The molecule has 1 unspecified atom stereocenters. The van der Waals surface area contributed by atoms with Gasteiger partial charge in [0.1, 0.15) is 108 Å². The lowest BCUT2D eigenvalue weighted by Crippen LogP contribution is -2.64. The highest BCUT2D eigenvalue weighted by atomic mass is 35.5. The van der Waals surface area contributed by atoms with Crippen LogP contribution >= 0.6 is 35.0 Å². The molecule has 8 aliphatic rings. The molecule has 133 heavy (non-hydrogen) atoms. The number of thioether (sulfide) groups is 1. The summed E-state index contributed by atoms with van der Waals surface area (Å²) in [7, 11) is 0. The van der Waals surface area contributed by atoms with Crippen molar-refractivity contribution >= 4 is 82.0 Å². The van der Waals surface area contributed by atoms with Gasteiger partial charge in [0.15, 0.2) is 41.7 Å². The molecular formula is C92H105Cl2F3N6O29S. The quantitative estimate of drug-likeness (QED) is 0.0268. The van der Waals surface area contributed by atoms with E-state index in [2.05, 4.69) is 26.0 Å². The lowest BCUT2D eigenvalue weighted by atomic mass is 9.84. The van der Waals surface area contributed by atoms with Gasteiger partial charge < -0.3 is 137 Å². The van der Waals surface area contributed by atoms with E-state index in [1.165, 1.54) is 68.1 Å². The van der Waals surface area contributed by atoms with Gasteiger partial charge in [-0.05, 0) is 164 Å². The summed E-state index contributed by atoms with van der Waals surface area (Å²) in [6, 6.07) is 18.0. The molecule has 11 bridgehead atoms. The van der Waals surface area contributed by atoms with Crippen LogP contribution in [-0.4, -0.2) is 219 Å². The first-order valence-corrected chi connectivity index (χ1v) is 44.2. The summed E-state index contributed by atoms with van der Waals surface area (Å²) in [5, 5.41) is 150. The maximum Gasteiger partial charge on any atom is 0.573 e. The van der Waals surface area contributed by atoms with Gasteiger partial charge in [-0.3, -0.25) is 33.6 Å². The summed E-state index contributed by atoms with van der Waals surface area (Å²) < 4.78 is 93.9. The lowest BCUT2D eigenvalue weighted by molar-refractivity contribution is -0.351. The van der Waals surface area contributed by atoms with Crippen LogP contribution in [0.25, 0.3) is 11.1 Å². The Morgan fingerprint density at radius 1 is 0.692 bits per heavy atom. The number of phenols is 3. The average Bonchev–Trinajstić information content (AvgIpc) is 0.762. The van der Waals surface area contributed by atoms with Gasteiger partial charge in [-0.15, -0.1) is 24.9 Å². The maximum atomic E-state index is 16.6. The number of rotatable bonds is 23. The molecule has 3 saturated heterocycles. The second-order valence-electron chi connectivity index (χ2n) is 34.2. The molecule has 0 radical (unpaired) electrons. The number of aliphatic carboxylic acids is 1. The zero-order valence-electron chi connectivity index (χ0n) is 71.4. The first kappa shape index (κ1) is 101. The summed E-state index contributed by atoms with van der Waals surface area (Å²) in [6.07, 6.45) is -34.9. The Kier molecular flexibility index (Phi) is 32.5. The fourth-order valence-electron chi connectivity index (χ4n) is 17.1. The molecule has 5 amide bonds. The zero-order valence-corrected chi connectivity index (χ0v) is 73.8. The number of benzene rings is 7. The number of carbonyl (C=O) groups excluding carboxylic acids is 7. The van der Waals surface area contributed by atoms with Gasteiger partial charge in [0.05, 0.1) is 46.8 Å². The highest BCUT2D eigenvalue weighted by Gasteiger charge is 2.53. The van der Waals surface area contributed by atoms with Gasteiger partial charge in [-0.1, -0.05) is 93.9 Å². The number of hydrogen-bond donors (Lipinski definition) is 18. The van der Waals surface area contributed by atoms with Crippen LogP contribution in [0.5, 0.6) is 51.7 Å². The van der Waals surface area contributed by atoms with E-state index in [4.69, 9.17) is 72.6 Å². The molecule has 15 rings (SSSR count). The van der Waals surface area contributed by atoms with Gasteiger partial charge in [0.2, 0.25) is 41.6 Å². The summed E-state index contributed by atoms with van der Waals surface area (Å²) >= 11 is 16.0. The molecular weight excluding hydrogens is 1810 g/mol. The van der Waals surface area contributed by atoms with Gasteiger partial charge in [-0.25, -0.2) is 4.79 Å². The van der Waals surface area contributed by atoms with Crippen molar-refractivity contribution in [2.75, 3.05) is 6.61 Å². The monoisotopic (exact) mass is 1920 g/mol. The summed E-state index contributed by atoms with van der Waals surface area (Å²) in [6.45, 7) is 7.24. The number of ketones is 2. The van der Waals surface area contributed by atoms with Crippen molar-refractivity contribution in [3.63, 3.8) is 0 Å². The second kappa shape index (κ2) is 42.6. The Bertz CT molecular complexity index is 5450. The fraction of sp³-hybridized carbons (Fsp3) is 0.457. The number of carboxylic acids is 1. The van der Waals surface area contributed by atoms with Crippen molar-refractivity contribution in [3.05, 3.63) is 176 Å². The summed E-state index contributed by atoms with van der Waals surface area (Å²) in [4.78, 5) is 122. The van der Waals surface area contributed by atoms with Crippen molar-refractivity contribution < 1.29 is 155 Å². The number of amides is 5. The Morgan fingerprint density at radius 3 is 1.98 bits per heavy atom. The first-order valence-electron chi connectivity index (χ1n) is 42.4. The minimum absolute atomic E-state index is 0. The zero-order chi connectivity index (χ0) is 95.5. The molecule has 8 heterocycles. The number of phenolic OH excluding ortho intramolecular Hbond substituents is 3. The number of aliphatic hydroxyl groups is 8. The number of carbonyl (C=O) groups is 8. The third-order valence-corrected chi connectivity index (χ3v) is 25.6. The number of halogens is 5. The number of hydrogen-bond acceptors (Lipinski definition) is 30. The van der Waals surface area contributed by atoms with Crippen molar-refractivity contribution in [2.24, 2.45) is 29.2 Å². The standard InChI is InChI=1S/C91H101Cl2F3N6O29S.CH4/c1-6-42(23-38(2)3)83(117)101-71-58(107)28-47(31-66(97)109)84(118)99-69-46-29-63(124-60-21-16-44(73(71)110)26-54(60)92)80(129-89-78(115)76(113)81(65(36-103)127-89)130-88-77(114)75(112)74(111)62(126-88)12-8-10-40-9-7-11-50(24-40)132-37-41-13-18-49(19-14-41)131-91(94,95)96)64(30-46)125-61-22-17-45(27-55(61)93)79(128-67-35-90(5,98)82(116)39(4)123-67)72-86(120)100-70(87(121)122)53-32-48(104)33-57(106)68(53)52-25-43(15-20-56(52)105)51(34-59(69)108)85(119)102-72;/h7,9,11,13-22,24-27,29-30,32-33,38-39,42,47,51,62,65,67,69-79,81-82,88-89,103-106,110-116H,6,8,10,12,23,28,31,34-37,98H2,1-5H3,(H2,97,109)(H,99,118)(H,100,120)(H,101,117)(H,102,119)(H,121,122);1H4/t39-,42+,47-,51+,62+,65+,67?,69+,70+,71-,72-,73+,74-,75-,76+,77+,78+,79+,81+,82-,88-,89-,90-;/m0./s1. The third kappa shape index (κ3) is 23.5. The van der Waals surface area contributed by atoms with E-state index in [1.807, 2.05) is 32.0 Å². The molecule has 23 atom stereocenters. The van der Waals surface area contributed by atoms with Gasteiger partial charge >= 0.3 is 12.3 Å². The molecule has 35 nitrogen and oxygen atoms in total.